The highest BCUT2D eigenvalue weighted by molar-refractivity contribution is 6.08. The van der Waals surface area contributed by atoms with E-state index in [-0.39, 0.29) is 11.3 Å². The predicted octanol–water partition coefficient (Wildman–Crippen LogP) is 3.38. The molecule has 0 unspecified atom stereocenters. The molecule has 0 aliphatic carbocycles. The van der Waals surface area contributed by atoms with Gasteiger partial charge in [-0.1, -0.05) is 60.7 Å². The maximum Gasteiger partial charge on any atom is 0.359 e. The Morgan fingerprint density at radius 3 is 1.81 bits per heavy atom. The number of carbonyl (C=O) groups is 2. The quantitative estimate of drug-likeness (QED) is 0.673. The van der Waals surface area contributed by atoms with Crippen LogP contribution in [0.5, 0.6) is 0 Å². The van der Waals surface area contributed by atoms with E-state index in [0.717, 1.165) is 0 Å². The maximum atomic E-state index is 12.6. The van der Waals surface area contributed by atoms with Crippen molar-refractivity contribution in [1.29, 1.82) is 0 Å². The van der Waals surface area contributed by atoms with Gasteiger partial charge in [0, 0.05) is 11.1 Å². The van der Waals surface area contributed by atoms with Crippen molar-refractivity contribution < 1.29 is 19.1 Å². The number of nitrogens with zero attached hydrogens (tertiary/aromatic N) is 2. The first kappa shape index (κ1) is 17.3. The molecule has 6 heteroatoms. The molecule has 130 valence electrons. The first-order chi connectivity index (χ1) is 12.7. The minimum atomic E-state index is -0.680. The lowest BCUT2D eigenvalue weighted by Gasteiger charge is -2.15. The van der Waals surface area contributed by atoms with Gasteiger partial charge in [0.2, 0.25) is 0 Å². The predicted molar refractivity (Wildman–Crippen MR) is 95.6 cm³/mol. The molecular weight excluding hydrogens is 332 g/mol. The van der Waals surface area contributed by atoms with E-state index in [1.165, 1.54) is 14.2 Å². The lowest BCUT2D eigenvalue weighted by Crippen LogP contribution is -2.16. The van der Waals surface area contributed by atoms with Crippen LogP contribution in [-0.2, 0) is 9.47 Å². The Balaban J connectivity index is 2.40. The third-order valence-corrected chi connectivity index (χ3v) is 3.85. The van der Waals surface area contributed by atoms with Crippen LogP contribution in [0, 0.1) is 0 Å². The lowest BCUT2D eigenvalue weighted by atomic mass is 9.94. The Labute approximate surface area is 150 Å². The Morgan fingerprint density at radius 1 is 0.731 bits per heavy atom. The molecule has 0 radical (unpaired) electrons. The zero-order valence-corrected chi connectivity index (χ0v) is 14.3. The molecule has 3 rings (SSSR count). The van der Waals surface area contributed by atoms with Crippen LogP contribution in [0.4, 0.5) is 0 Å². The second-order valence-electron chi connectivity index (χ2n) is 5.36. The normalized spacial score (nSPS) is 10.2. The lowest BCUT2D eigenvalue weighted by molar-refractivity contribution is 0.0593. The van der Waals surface area contributed by atoms with Crippen molar-refractivity contribution in [3.8, 4) is 22.4 Å². The molecule has 0 saturated heterocycles. The zero-order chi connectivity index (χ0) is 18.5. The molecule has 6 nitrogen and oxygen atoms in total. The number of methoxy groups -OCH3 is 2. The molecular formula is C20H16N2O4. The fourth-order valence-electron chi connectivity index (χ4n) is 2.66. The van der Waals surface area contributed by atoms with Crippen molar-refractivity contribution in [3.63, 3.8) is 0 Å². The van der Waals surface area contributed by atoms with Gasteiger partial charge in [-0.2, -0.15) is 0 Å². The first-order valence-electron chi connectivity index (χ1n) is 7.85. The summed E-state index contributed by atoms with van der Waals surface area (Å²) in [5, 5.41) is 8.17. The largest absolute Gasteiger partial charge is 0.465 e. The highest BCUT2D eigenvalue weighted by Crippen LogP contribution is 2.33. The van der Waals surface area contributed by atoms with Crippen LogP contribution in [0.1, 0.15) is 20.8 Å². The van der Waals surface area contributed by atoms with E-state index < -0.39 is 11.9 Å². The van der Waals surface area contributed by atoms with E-state index in [4.69, 9.17) is 9.47 Å². The fraction of sp³-hybridized carbons (Fsp3) is 0.100. The van der Waals surface area contributed by atoms with Crippen molar-refractivity contribution in [1.82, 2.24) is 10.2 Å². The minimum Gasteiger partial charge on any atom is -0.465 e. The Bertz CT molecular complexity index is 941. The molecule has 0 aliphatic heterocycles. The summed E-state index contributed by atoms with van der Waals surface area (Å²) in [5.74, 6) is -1.29. The number of rotatable bonds is 4. The molecule has 0 fully saturated rings. The van der Waals surface area contributed by atoms with Crippen molar-refractivity contribution in [2.75, 3.05) is 14.2 Å². The van der Waals surface area contributed by atoms with Crippen molar-refractivity contribution in [2.24, 2.45) is 0 Å². The van der Waals surface area contributed by atoms with E-state index in [1.54, 1.807) is 24.3 Å². The average Bonchev–Trinajstić information content (AvgIpc) is 2.72. The second kappa shape index (κ2) is 7.57. The van der Waals surface area contributed by atoms with Crippen LogP contribution in [0.25, 0.3) is 22.4 Å². The Morgan fingerprint density at radius 2 is 1.27 bits per heavy atom. The third-order valence-electron chi connectivity index (χ3n) is 3.85. The minimum absolute atomic E-state index is 0.0428. The molecule has 0 N–H and O–H groups in total. The number of benzene rings is 2. The number of carbonyl (C=O) groups excluding carboxylic acids is 2. The fourth-order valence-corrected chi connectivity index (χ4v) is 2.66. The van der Waals surface area contributed by atoms with E-state index in [1.807, 2.05) is 36.4 Å². The first-order valence-corrected chi connectivity index (χ1v) is 7.85. The van der Waals surface area contributed by atoms with Gasteiger partial charge in [-0.05, 0) is 5.56 Å². The molecule has 0 amide bonds. The maximum absolute atomic E-state index is 12.6. The Hall–Kier alpha value is -3.54. The second-order valence-corrected chi connectivity index (χ2v) is 5.36. The summed E-state index contributed by atoms with van der Waals surface area (Å²) in [6.07, 6.45) is 0. The third kappa shape index (κ3) is 3.17. The number of hydrogen-bond acceptors (Lipinski definition) is 6. The van der Waals surface area contributed by atoms with Gasteiger partial charge >= 0.3 is 11.9 Å². The molecule has 1 heterocycles. The van der Waals surface area contributed by atoms with Crippen LogP contribution in [0.2, 0.25) is 0 Å². The van der Waals surface area contributed by atoms with Crippen molar-refractivity contribution >= 4 is 11.9 Å². The van der Waals surface area contributed by atoms with Gasteiger partial charge in [0.15, 0.2) is 5.69 Å². The molecule has 1 aromatic heterocycles. The molecule has 0 aliphatic rings. The number of hydrogen-bond donors (Lipinski definition) is 0. The topological polar surface area (TPSA) is 78.4 Å². The molecule has 0 atom stereocenters. The van der Waals surface area contributed by atoms with Crippen LogP contribution in [0.15, 0.2) is 60.7 Å². The van der Waals surface area contributed by atoms with Crippen molar-refractivity contribution in [2.45, 2.75) is 0 Å². The van der Waals surface area contributed by atoms with Crippen molar-refractivity contribution in [3.05, 3.63) is 71.9 Å². The summed E-state index contributed by atoms with van der Waals surface area (Å²) in [6, 6.07) is 18.1. The molecule has 3 aromatic rings. The summed E-state index contributed by atoms with van der Waals surface area (Å²) in [7, 11) is 2.53. The van der Waals surface area contributed by atoms with Gasteiger partial charge in [0.1, 0.15) is 5.69 Å². The molecule has 0 saturated carbocycles. The smallest absolute Gasteiger partial charge is 0.359 e. The van der Waals surface area contributed by atoms with Gasteiger partial charge in [0.05, 0.1) is 19.8 Å². The number of ether oxygens (including phenoxy) is 2. The Kier molecular flexibility index (Phi) is 5.03. The van der Waals surface area contributed by atoms with E-state index in [2.05, 4.69) is 10.2 Å². The van der Waals surface area contributed by atoms with Gasteiger partial charge < -0.3 is 9.47 Å². The van der Waals surface area contributed by atoms with Gasteiger partial charge in [-0.3, -0.25) is 0 Å². The number of aromatic nitrogens is 2. The summed E-state index contributed by atoms with van der Waals surface area (Å²) in [6.45, 7) is 0. The van der Waals surface area contributed by atoms with Crippen LogP contribution in [0.3, 0.4) is 0 Å². The number of esters is 2. The summed E-state index contributed by atoms with van der Waals surface area (Å²) >= 11 is 0. The molecule has 0 spiro atoms. The molecule has 26 heavy (non-hydrogen) atoms. The summed E-state index contributed by atoms with van der Waals surface area (Å²) in [5.41, 5.74) is 2.12. The van der Waals surface area contributed by atoms with E-state index >= 15 is 0 Å². The average molecular weight is 348 g/mol. The standard InChI is InChI=1S/C20H16N2O4/c1-25-19(23)16-15(13-9-5-3-6-10-13)18(20(24)26-2)22-21-17(16)14-11-7-4-8-12-14/h3-12H,1-2H3. The van der Waals surface area contributed by atoms with Crippen LogP contribution >= 0.6 is 0 Å². The zero-order valence-electron chi connectivity index (χ0n) is 14.3. The summed E-state index contributed by atoms with van der Waals surface area (Å²) in [4.78, 5) is 24.9. The summed E-state index contributed by atoms with van der Waals surface area (Å²) < 4.78 is 9.79. The highest BCUT2D eigenvalue weighted by Gasteiger charge is 2.28. The van der Waals surface area contributed by atoms with Gasteiger partial charge in [0.25, 0.3) is 0 Å². The van der Waals surface area contributed by atoms with Crippen LogP contribution in [-0.4, -0.2) is 36.4 Å². The van der Waals surface area contributed by atoms with Crippen LogP contribution < -0.4 is 0 Å². The van der Waals surface area contributed by atoms with E-state index in [0.29, 0.717) is 22.4 Å². The van der Waals surface area contributed by atoms with Gasteiger partial charge in [-0.15, -0.1) is 10.2 Å². The molecule has 2 aromatic carbocycles. The monoisotopic (exact) mass is 348 g/mol. The molecule has 0 bridgehead atoms. The highest BCUT2D eigenvalue weighted by atomic mass is 16.5. The SMILES string of the molecule is COC(=O)c1nnc(-c2ccccc2)c(C(=O)OC)c1-c1ccccc1. The van der Waals surface area contributed by atoms with Gasteiger partial charge in [-0.25, -0.2) is 9.59 Å². The van der Waals surface area contributed by atoms with E-state index in [9.17, 15) is 9.59 Å².